The summed E-state index contributed by atoms with van der Waals surface area (Å²) in [5, 5.41) is 9.96. The second kappa shape index (κ2) is 6.17. The summed E-state index contributed by atoms with van der Waals surface area (Å²) in [6, 6.07) is 9.78. The zero-order valence-electron chi connectivity index (χ0n) is 11.3. The molecular formula is C15H21NO3. The fourth-order valence-corrected chi connectivity index (χ4v) is 2.35. The molecule has 0 bridgehead atoms. The fourth-order valence-electron chi connectivity index (χ4n) is 2.35. The van der Waals surface area contributed by atoms with Gasteiger partial charge < -0.3 is 14.7 Å². The number of ether oxygens (including phenoxy) is 1. The Hall–Kier alpha value is -1.39. The average Bonchev–Trinajstić information content (AvgIpc) is 2.38. The third-order valence-electron chi connectivity index (χ3n) is 3.36. The van der Waals surface area contributed by atoms with E-state index in [2.05, 4.69) is 0 Å². The van der Waals surface area contributed by atoms with Gasteiger partial charge in [-0.15, -0.1) is 0 Å². The highest BCUT2D eigenvalue weighted by Gasteiger charge is 2.30. The van der Waals surface area contributed by atoms with E-state index in [4.69, 9.17) is 4.74 Å². The standard InChI is InChI=1S/C15H21NO3/c1-15(18)8-5-9-16(12-15)14(17)11-19-10-13-6-3-2-4-7-13/h2-4,6-7,18H,5,8-12H2,1H3. The first-order chi connectivity index (χ1) is 9.07. The van der Waals surface area contributed by atoms with Gasteiger partial charge in [-0.3, -0.25) is 4.79 Å². The zero-order valence-corrected chi connectivity index (χ0v) is 11.3. The zero-order chi connectivity index (χ0) is 13.7. The number of likely N-dealkylation sites (tertiary alicyclic amines) is 1. The Morgan fingerprint density at radius 1 is 1.42 bits per heavy atom. The predicted molar refractivity (Wildman–Crippen MR) is 72.5 cm³/mol. The second-order valence-corrected chi connectivity index (χ2v) is 5.39. The third-order valence-corrected chi connectivity index (χ3v) is 3.36. The number of hydrogen-bond donors (Lipinski definition) is 1. The molecular weight excluding hydrogens is 242 g/mol. The highest BCUT2D eigenvalue weighted by Crippen LogP contribution is 2.20. The maximum Gasteiger partial charge on any atom is 0.248 e. The van der Waals surface area contributed by atoms with Crippen LogP contribution in [0.2, 0.25) is 0 Å². The molecule has 2 rings (SSSR count). The molecule has 0 radical (unpaired) electrons. The number of aliphatic hydroxyl groups is 1. The van der Waals surface area contributed by atoms with Crippen LogP contribution < -0.4 is 0 Å². The SMILES string of the molecule is CC1(O)CCCN(C(=O)COCc2ccccc2)C1. The monoisotopic (exact) mass is 263 g/mol. The maximum atomic E-state index is 12.0. The van der Waals surface area contributed by atoms with Crippen LogP contribution in [-0.2, 0) is 16.1 Å². The van der Waals surface area contributed by atoms with Gasteiger partial charge in [-0.1, -0.05) is 30.3 Å². The molecule has 1 aromatic rings. The third kappa shape index (κ3) is 4.33. The van der Waals surface area contributed by atoms with Gasteiger partial charge in [0.2, 0.25) is 5.91 Å². The van der Waals surface area contributed by atoms with Crippen molar-refractivity contribution < 1.29 is 14.6 Å². The topological polar surface area (TPSA) is 49.8 Å². The molecule has 1 unspecified atom stereocenters. The molecule has 1 N–H and O–H groups in total. The minimum Gasteiger partial charge on any atom is -0.388 e. The number of amides is 1. The first-order valence-corrected chi connectivity index (χ1v) is 6.69. The van der Waals surface area contributed by atoms with Gasteiger partial charge >= 0.3 is 0 Å². The average molecular weight is 263 g/mol. The van der Waals surface area contributed by atoms with Crippen LogP contribution in [0, 0.1) is 0 Å². The molecule has 0 saturated carbocycles. The van der Waals surface area contributed by atoms with E-state index in [-0.39, 0.29) is 12.5 Å². The van der Waals surface area contributed by atoms with Crippen LogP contribution in [0.1, 0.15) is 25.3 Å². The first kappa shape index (κ1) is 14.0. The van der Waals surface area contributed by atoms with Crippen molar-refractivity contribution in [2.45, 2.75) is 32.0 Å². The fraction of sp³-hybridized carbons (Fsp3) is 0.533. The molecule has 1 amide bonds. The number of nitrogens with zero attached hydrogens (tertiary/aromatic N) is 1. The van der Waals surface area contributed by atoms with Crippen molar-refractivity contribution in [3.05, 3.63) is 35.9 Å². The Bertz CT molecular complexity index is 417. The van der Waals surface area contributed by atoms with Crippen molar-refractivity contribution >= 4 is 5.91 Å². The lowest BCUT2D eigenvalue weighted by Gasteiger charge is -2.36. The number of hydrogen-bond acceptors (Lipinski definition) is 3. The molecule has 0 aliphatic carbocycles. The summed E-state index contributed by atoms with van der Waals surface area (Å²) < 4.78 is 5.43. The van der Waals surface area contributed by atoms with E-state index in [1.807, 2.05) is 30.3 Å². The van der Waals surface area contributed by atoms with Gasteiger partial charge in [-0.25, -0.2) is 0 Å². The van der Waals surface area contributed by atoms with Crippen molar-refractivity contribution in [1.82, 2.24) is 4.90 Å². The number of β-amino-alcohol motifs (C(OH)–C–C–N with tert-alkyl or cyclic N) is 1. The second-order valence-electron chi connectivity index (χ2n) is 5.39. The van der Waals surface area contributed by atoms with Gasteiger partial charge in [0.15, 0.2) is 0 Å². The number of benzene rings is 1. The lowest BCUT2D eigenvalue weighted by molar-refractivity contribution is -0.142. The summed E-state index contributed by atoms with van der Waals surface area (Å²) >= 11 is 0. The number of carbonyl (C=O) groups is 1. The molecule has 19 heavy (non-hydrogen) atoms. The lowest BCUT2D eigenvalue weighted by Crippen LogP contribution is -2.49. The van der Waals surface area contributed by atoms with Gasteiger partial charge in [0.25, 0.3) is 0 Å². The Kier molecular flexibility index (Phi) is 4.56. The van der Waals surface area contributed by atoms with E-state index < -0.39 is 5.60 Å². The summed E-state index contributed by atoms with van der Waals surface area (Å²) in [7, 11) is 0. The lowest BCUT2D eigenvalue weighted by atomic mass is 9.95. The van der Waals surface area contributed by atoms with Gasteiger partial charge in [0.05, 0.1) is 12.2 Å². The summed E-state index contributed by atoms with van der Waals surface area (Å²) in [4.78, 5) is 13.7. The van der Waals surface area contributed by atoms with Gasteiger partial charge in [-0.05, 0) is 25.3 Å². The van der Waals surface area contributed by atoms with Gasteiger partial charge in [0.1, 0.15) is 6.61 Å². The van der Waals surface area contributed by atoms with Crippen LogP contribution in [0.25, 0.3) is 0 Å². The smallest absolute Gasteiger partial charge is 0.248 e. The maximum absolute atomic E-state index is 12.0. The van der Waals surface area contributed by atoms with E-state index in [1.54, 1.807) is 11.8 Å². The summed E-state index contributed by atoms with van der Waals surface area (Å²) in [6.07, 6.45) is 1.60. The van der Waals surface area contributed by atoms with Crippen molar-refractivity contribution in [3.8, 4) is 0 Å². The Labute approximate surface area is 114 Å². The molecule has 1 atom stereocenters. The Morgan fingerprint density at radius 2 is 2.16 bits per heavy atom. The van der Waals surface area contributed by atoms with E-state index in [0.29, 0.717) is 19.7 Å². The van der Waals surface area contributed by atoms with E-state index in [0.717, 1.165) is 18.4 Å². The summed E-state index contributed by atoms with van der Waals surface area (Å²) in [5.41, 5.74) is 0.300. The van der Waals surface area contributed by atoms with E-state index in [1.165, 1.54) is 0 Å². The quantitative estimate of drug-likeness (QED) is 0.897. The molecule has 0 spiro atoms. The Balaban J connectivity index is 1.75. The molecule has 0 aromatic heterocycles. The van der Waals surface area contributed by atoms with Crippen molar-refractivity contribution in [2.75, 3.05) is 19.7 Å². The van der Waals surface area contributed by atoms with E-state index in [9.17, 15) is 9.90 Å². The van der Waals surface area contributed by atoms with Crippen molar-refractivity contribution in [1.29, 1.82) is 0 Å². The molecule has 1 heterocycles. The molecule has 104 valence electrons. The molecule has 4 heteroatoms. The minimum absolute atomic E-state index is 0.0455. The van der Waals surface area contributed by atoms with Gasteiger partial charge in [-0.2, -0.15) is 0 Å². The number of rotatable bonds is 4. The highest BCUT2D eigenvalue weighted by molar-refractivity contribution is 5.77. The number of piperidine rings is 1. The largest absolute Gasteiger partial charge is 0.388 e. The van der Waals surface area contributed by atoms with Crippen LogP contribution in [-0.4, -0.2) is 41.2 Å². The molecule has 1 aliphatic rings. The highest BCUT2D eigenvalue weighted by atomic mass is 16.5. The first-order valence-electron chi connectivity index (χ1n) is 6.69. The van der Waals surface area contributed by atoms with Crippen molar-refractivity contribution in [3.63, 3.8) is 0 Å². The number of carbonyl (C=O) groups excluding carboxylic acids is 1. The normalized spacial score (nSPS) is 23.4. The molecule has 4 nitrogen and oxygen atoms in total. The van der Waals surface area contributed by atoms with Crippen LogP contribution >= 0.6 is 0 Å². The van der Waals surface area contributed by atoms with E-state index >= 15 is 0 Å². The molecule has 1 fully saturated rings. The van der Waals surface area contributed by atoms with Crippen LogP contribution in [0.15, 0.2) is 30.3 Å². The summed E-state index contributed by atoms with van der Waals surface area (Å²) in [6.45, 7) is 3.41. The molecule has 1 saturated heterocycles. The van der Waals surface area contributed by atoms with Crippen LogP contribution in [0.4, 0.5) is 0 Å². The van der Waals surface area contributed by atoms with Crippen LogP contribution in [0.5, 0.6) is 0 Å². The minimum atomic E-state index is -0.757. The summed E-state index contributed by atoms with van der Waals surface area (Å²) in [5.74, 6) is -0.0455. The molecule has 1 aromatic carbocycles. The van der Waals surface area contributed by atoms with Crippen LogP contribution in [0.3, 0.4) is 0 Å². The molecule has 1 aliphatic heterocycles. The predicted octanol–water partition coefficient (Wildman–Crippen LogP) is 1.58. The van der Waals surface area contributed by atoms with Crippen molar-refractivity contribution in [2.24, 2.45) is 0 Å². The Morgan fingerprint density at radius 3 is 2.84 bits per heavy atom. The van der Waals surface area contributed by atoms with Gasteiger partial charge in [0, 0.05) is 13.1 Å².